The van der Waals surface area contributed by atoms with Crippen LogP contribution >= 0.6 is 12.2 Å². The van der Waals surface area contributed by atoms with Crippen LogP contribution in [0.15, 0.2) is 54.6 Å². The van der Waals surface area contributed by atoms with Crippen LogP contribution in [0.5, 0.6) is 5.75 Å². The van der Waals surface area contributed by atoms with Crippen LogP contribution in [0.4, 0.5) is 0 Å². The Morgan fingerprint density at radius 1 is 1.23 bits per heavy atom. The average molecular weight is 425 g/mol. The Balaban J connectivity index is 1.49. The fraction of sp³-hybridized carbons (Fsp3) is 0.318. The Bertz CT molecular complexity index is 1050. The zero-order chi connectivity index (χ0) is 20.9. The molecule has 1 saturated heterocycles. The number of carbonyl (C=O) groups excluding carboxylic acids is 1. The molecule has 1 aromatic heterocycles. The van der Waals surface area contributed by atoms with Gasteiger partial charge in [-0.1, -0.05) is 30.3 Å². The minimum atomic E-state index is -0.0640. The molecule has 0 bridgehead atoms. The van der Waals surface area contributed by atoms with Crippen LogP contribution in [-0.2, 0) is 16.1 Å². The van der Waals surface area contributed by atoms with Crippen molar-refractivity contribution in [3.05, 3.63) is 64.9 Å². The van der Waals surface area contributed by atoms with Crippen molar-refractivity contribution in [1.82, 2.24) is 19.7 Å². The number of amides is 1. The average Bonchev–Trinajstić information content (AvgIpc) is 3.18. The zero-order valence-electron chi connectivity index (χ0n) is 16.8. The summed E-state index contributed by atoms with van der Waals surface area (Å²) in [5.74, 6) is 1.56. The third kappa shape index (κ3) is 4.29. The molecule has 8 heteroatoms. The summed E-state index contributed by atoms with van der Waals surface area (Å²) in [5, 5.41) is 7.20. The number of aromatic amines is 1. The number of H-pyrrole nitrogens is 1. The molecule has 156 valence electrons. The number of methoxy groups -OCH3 is 1. The summed E-state index contributed by atoms with van der Waals surface area (Å²) < 4.78 is 13.2. The molecular weight excluding hydrogens is 400 g/mol. The first-order valence-electron chi connectivity index (χ1n) is 9.89. The maximum atomic E-state index is 13.1. The van der Waals surface area contributed by atoms with Gasteiger partial charge in [0.25, 0.3) is 0 Å². The van der Waals surface area contributed by atoms with Crippen molar-refractivity contribution >= 4 is 18.1 Å². The Kier molecular flexibility index (Phi) is 6.25. The molecule has 1 atom stereocenters. The van der Waals surface area contributed by atoms with Crippen molar-refractivity contribution < 1.29 is 14.3 Å². The number of hydrogen-bond acceptors (Lipinski definition) is 5. The van der Waals surface area contributed by atoms with Crippen LogP contribution in [-0.4, -0.2) is 52.4 Å². The van der Waals surface area contributed by atoms with Crippen molar-refractivity contribution in [3.8, 4) is 17.1 Å². The normalized spacial score (nSPS) is 16.4. The zero-order valence-corrected chi connectivity index (χ0v) is 17.6. The fourth-order valence-corrected chi connectivity index (χ4v) is 3.91. The molecule has 0 radical (unpaired) electrons. The monoisotopic (exact) mass is 424 g/mol. The second-order valence-corrected chi connectivity index (χ2v) is 7.46. The van der Waals surface area contributed by atoms with Crippen molar-refractivity contribution in [3.63, 3.8) is 0 Å². The summed E-state index contributed by atoms with van der Waals surface area (Å²) in [5.41, 5.74) is 1.99. The van der Waals surface area contributed by atoms with E-state index in [-0.39, 0.29) is 11.9 Å². The molecule has 1 unspecified atom stereocenters. The van der Waals surface area contributed by atoms with Crippen molar-refractivity contribution in [2.24, 2.45) is 0 Å². The molecule has 30 heavy (non-hydrogen) atoms. The van der Waals surface area contributed by atoms with Crippen LogP contribution in [0, 0.1) is 4.77 Å². The molecule has 2 heterocycles. The van der Waals surface area contributed by atoms with Crippen molar-refractivity contribution in [2.45, 2.75) is 19.0 Å². The highest BCUT2D eigenvalue weighted by atomic mass is 32.1. The Morgan fingerprint density at radius 2 is 2.00 bits per heavy atom. The Labute approximate surface area is 180 Å². The third-order valence-electron chi connectivity index (χ3n) is 5.29. The van der Waals surface area contributed by atoms with E-state index >= 15 is 0 Å². The largest absolute Gasteiger partial charge is 0.497 e. The van der Waals surface area contributed by atoms with Crippen LogP contribution in [0.25, 0.3) is 11.4 Å². The lowest BCUT2D eigenvalue weighted by molar-refractivity contribution is -0.140. The number of morpholine rings is 1. The van der Waals surface area contributed by atoms with Gasteiger partial charge in [-0.15, -0.1) is 0 Å². The summed E-state index contributed by atoms with van der Waals surface area (Å²) in [4.78, 5) is 15.0. The van der Waals surface area contributed by atoms with Gasteiger partial charge < -0.3 is 14.4 Å². The first-order valence-corrected chi connectivity index (χ1v) is 10.3. The number of rotatable bonds is 6. The Morgan fingerprint density at radius 3 is 2.73 bits per heavy atom. The van der Waals surface area contributed by atoms with Crippen molar-refractivity contribution in [2.75, 3.05) is 26.9 Å². The second-order valence-electron chi connectivity index (χ2n) is 7.07. The standard InChI is InChI=1S/C22H24N4O3S/c1-28-18-9-7-17(8-10-18)21-23-24-22(30)26(21)12-11-20(27)25-13-14-29-15-19(25)16-5-3-2-4-6-16/h2-10,19H,11-15H2,1H3,(H,24,30). The Hall–Kier alpha value is -2.97. The lowest BCUT2D eigenvalue weighted by atomic mass is 10.0. The highest BCUT2D eigenvalue weighted by Gasteiger charge is 2.28. The SMILES string of the molecule is COc1ccc(-c2n[nH]c(=S)n2CCC(=O)N2CCOCC2c2ccccc2)cc1. The number of nitrogens with zero attached hydrogens (tertiary/aromatic N) is 3. The molecule has 0 spiro atoms. The van der Waals surface area contributed by atoms with E-state index in [1.54, 1.807) is 7.11 Å². The maximum absolute atomic E-state index is 13.1. The van der Waals surface area contributed by atoms with Gasteiger partial charge in [0.05, 0.1) is 26.4 Å². The predicted molar refractivity (Wildman–Crippen MR) is 116 cm³/mol. The number of hydrogen-bond donors (Lipinski definition) is 1. The molecule has 1 N–H and O–H groups in total. The van der Waals surface area contributed by atoms with Crippen LogP contribution in [0.3, 0.4) is 0 Å². The van der Waals surface area contributed by atoms with Gasteiger partial charge >= 0.3 is 0 Å². The number of aromatic nitrogens is 3. The van der Waals surface area contributed by atoms with Gasteiger partial charge in [0.15, 0.2) is 10.6 Å². The van der Waals surface area contributed by atoms with E-state index in [9.17, 15) is 4.79 Å². The predicted octanol–water partition coefficient (Wildman–Crippen LogP) is 3.61. The summed E-state index contributed by atoms with van der Waals surface area (Å²) in [6.45, 7) is 2.10. The van der Waals surface area contributed by atoms with Gasteiger partial charge in [0.2, 0.25) is 5.91 Å². The van der Waals surface area contributed by atoms with Gasteiger partial charge in [0, 0.05) is 25.1 Å². The van der Waals surface area contributed by atoms with Gasteiger partial charge in [-0.3, -0.25) is 14.5 Å². The maximum Gasteiger partial charge on any atom is 0.225 e. The highest BCUT2D eigenvalue weighted by molar-refractivity contribution is 7.71. The van der Waals surface area contributed by atoms with E-state index in [0.717, 1.165) is 16.9 Å². The van der Waals surface area contributed by atoms with E-state index in [1.165, 1.54) is 0 Å². The topological polar surface area (TPSA) is 72.4 Å². The highest BCUT2D eigenvalue weighted by Crippen LogP contribution is 2.25. The first-order chi connectivity index (χ1) is 14.7. The molecule has 4 rings (SSSR count). The summed E-state index contributed by atoms with van der Waals surface area (Å²) >= 11 is 5.40. The summed E-state index contributed by atoms with van der Waals surface area (Å²) in [6.07, 6.45) is 0.334. The van der Waals surface area contributed by atoms with E-state index in [1.807, 2.05) is 64.1 Å². The molecule has 2 aromatic carbocycles. The summed E-state index contributed by atoms with van der Waals surface area (Å²) in [7, 11) is 1.63. The molecule has 7 nitrogen and oxygen atoms in total. The number of ether oxygens (including phenoxy) is 2. The number of nitrogens with one attached hydrogen (secondary N) is 1. The van der Waals surface area contributed by atoms with E-state index in [4.69, 9.17) is 21.7 Å². The molecule has 0 saturated carbocycles. The number of carbonyl (C=O) groups is 1. The minimum absolute atomic E-state index is 0.0640. The molecule has 3 aromatic rings. The van der Waals surface area contributed by atoms with Gasteiger partial charge in [-0.25, -0.2) is 0 Å². The molecule has 0 aliphatic carbocycles. The number of benzene rings is 2. The van der Waals surface area contributed by atoms with E-state index in [0.29, 0.717) is 43.3 Å². The molecule has 1 fully saturated rings. The van der Waals surface area contributed by atoms with E-state index < -0.39 is 0 Å². The third-order valence-corrected chi connectivity index (χ3v) is 5.60. The van der Waals surface area contributed by atoms with Gasteiger partial charge in [-0.05, 0) is 42.0 Å². The minimum Gasteiger partial charge on any atom is -0.497 e. The summed E-state index contributed by atoms with van der Waals surface area (Å²) in [6, 6.07) is 17.6. The van der Waals surface area contributed by atoms with Crippen LogP contribution in [0.1, 0.15) is 18.0 Å². The van der Waals surface area contributed by atoms with E-state index in [2.05, 4.69) is 10.2 Å². The van der Waals surface area contributed by atoms with Gasteiger partial charge in [-0.2, -0.15) is 5.10 Å². The van der Waals surface area contributed by atoms with Crippen LogP contribution in [0.2, 0.25) is 0 Å². The fourth-order valence-electron chi connectivity index (χ4n) is 3.69. The first kappa shape index (κ1) is 20.3. The second kappa shape index (κ2) is 9.23. The molecule has 1 aliphatic rings. The molecule has 1 amide bonds. The molecule has 1 aliphatic heterocycles. The molecular formula is C22H24N4O3S. The smallest absolute Gasteiger partial charge is 0.225 e. The lowest BCUT2D eigenvalue weighted by Gasteiger charge is -2.36. The van der Waals surface area contributed by atoms with Gasteiger partial charge in [0.1, 0.15) is 5.75 Å². The lowest BCUT2D eigenvalue weighted by Crippen LogP contribution is -2.43. The quantitative estimate of drug-likeness (QED) is 0.612. The van der Waals surface area contributed by atoms with Crippen molar-refractivity contribution in [1.29, 1.82) is 0 Å². The van der Waals surface area contributed by atoms with Crippen LogP contribution < -0.4 is 4.74 Å².